The third-order valence-corrected chi connectivity index (χ3v) is 5.42. The average molecular weight is 365 g/mol. The summed E-state index contributed by atoms with van der Waals surface area (Å²) in [5.74, 6) is 0. The van der Waals surface area contributed by atoms with Crippen molar-refractivity contribution < 1.29 is 0 Å². The first kappa shape index (κ1) is 18.5. The lowest BCUT2D eigenvalue weighted by Crippen LogP contribution is -1.91. The van der Waals surface area contributed by atoms with Crippen LogP contribution in [0.2, 0.25) is 0 Å². The summed E-state index contributed by atoms with van der Waals surface area (Å²) in [4.78, 5) is 0. The van der Waals surface area contributed by atoms with Crippen molar-refractivity contribution in [3.8, 4) is 22.3 Å². The molecule has 0 aliphatic heterocycles. The fourth-order valence-corrected chi connectivity index (χ4v) is 4.49. The van der Waals surface area contributed by atoms with Gasteiger partial charge in [0, 0.05) is 0 Å². The first-order chi connectivity index (χ1) is 13.3. The van der Waals surface area contributed by atoms with Gasteiger partial charge in [-0.2, -0.15) is 0 Å². The zero-order chi connectivity index (χ0) is 20.0. The molecule has 0 saturated heterocycles. The average Bonchev–Trinajstić information content (AvgIpc) is 2.59. The van der Waals surface area contributed by atoms with Gasteiger partial charge in [0.15, 0.2) is 0 Å². The standard InChI is InChI=1S/C28H28/c1-17-7-18(2)10-23(9-17)25-13-21(5)16-28-26(14-22(6)15-27(25)28)24-11-19(3)8-20(4)12-24/h7-16H,1-6H3. The van der Waals surface area contributed by atoms with Gasteiger partial charge in [-0.25, -0.2) is 0 Å². The SMILES string of the molecule is Cc1cc(C)cc(-c2cc(C)cc3c(-c4cc(C)cc(C)c4)cc(C)cc23)c1. The van der Waals surface area contributed by atoms with Crippen LogP contribution >= 0.6 is 0 Å². The Labute approximate surface area is 168 Å². The first-order valence-electron chi connectivity index (χ1n) is 10.0. The second kappa shape index (κ2) is 6.95. The Kier molecular flexibility index (Phi) is 4.59. The van der Waals surface area contributed by atoms with Crippen molar-refractivity contribution in [3.05, 3.63) is 94.0 Å². The number of rotatable bonds is 2. The molecule has 0 aromatic heterocycles. The highest BCUT2D eigenvalue weighted by atomic mass is 14.2. The van der Waals surface area contributed by atoms with Gasteiger partial charge in [0.2, 0.25) is 0 Å². The summed E-state index contributed by atoms with van der Waals surface area (Å²) >= 11 is 0. The maximum Gasteiger partial charge on any atom is -0.00963 e. The van der Waals surface area contributed by atoms with Crippen LogP contribution in [-0.4, -0.2) is 0 Å². The van der Waals surface area contributed by atoms with Gasteiger partial charge in [0.25, 0.3) is 0 Å². The number of aryl methyl sites for hydroxylation is 6. The molecule has 0 bridgehead atoms. The maximum atomic E-state index is 2.34. The molecule has 0 aliphatic carbocycles. The highest BCUT2D eigenvalue weighted by molar-refractivity contribution is 6.05. The summed E-state index contributed by atoms with van der Waals surface area (Å²) in [5.41, 5.74) is 13.1. The van der Waals surface area contributed by atoms with Crippen molar-refractivity contribution in [1.29, 1.82) is 0 Å². The minimum Gasteiger partial charge on any atom is -0.0563 e. The van der Waals surface area contributed by atoms with Gasteiger partial charge in [-0.05, 0) is 85.7 Å². The molecule has 0 unspecified atom stereocenters. The van der Waals surface area contributed by atoms with Crippen molar-refractivity contribution in [2.45, 2.75) is 41.5 Å². The van der Waals surface area contributed by atoms with Crippen LogP contribution in [0.1, 0.15) is 33.4 Å². The van der Waals surface area contributed by atoms with Gasteiger partial charge in [0.1, 0.15) is 0 Å². The van der Waals surface area contributed by atoms with Gasteiger partial charge in [0.05, 0.1) is 0 Å². The Morgan fingerprint density at radius 3 is 0.929 bits per heavy atom. The highest BCUT2D eigenvalue weighted by Gasteiger charge is 2.12. The Morgan fingerprint density at radius 1 is 0.321 bits per heavy atom. The molecule has 0 atom stereocenters. The van der Waals surface area contributed by atoms with Crippen LogP contribution in [0.3, 0.4) is 0 Å². The smallest absolute Gasteiger partial charge is 0.00963 e. The molecule has 0 nitrogen and oxygen atoms in total. The second-order valence-corrected chi connectivity index (χ2v) is 8.47. The third-order valence-electron chi connectivity index (χ3n) is 5.42. The largest absolute Gasteiger partial charge is 0.0563 e. The zero-order valence-corrected chi connectivity index (χ0v) is 17.8. The Hall–Kier alpha value is -2.86. The topological polar surface area (TPSA) is 0 Å². The summed E-state index contributed by atoms with van der Waals surface area (Å²) in [7, 11) is 0. The van der Waals surface area contributed by atoms with Gasteiger partial charge in [-0.1, -0.05) is 82.9 Å². The van der Waals surface area contributed by atoms with E-state index in [1.807, 2.05) is 0 Å². The second-order valence-electron chi connectivity index (χ2n) is 8.47. The van der Waals surface area contributed by atoms with Crippen LogP contribution in [0.15, 0.2) is 60.7 Å². The molecule has 0 fully saturated rings. The molecule has 0 radical (unpaired) electrons. The lowest BCUT2D eigenvalue weighted by atomic mass is 9.88. The van der Waals surface area contributed by atoms with E-state index in [-0.39, 0.29) is 0 Å². The summed E-state index contributed by atoms with van der Waals surface area (Å²) in [6, 6.07) is 23.1. The molecule has 0 N–H and O–H groups in total. The minimum absolute atomic E-state index is 1.30. The molecule has 140 valence electrons. The monoisotopic (exact) mass is 364 g/mol. The van der Waals surface area contributed by atoms with Crippen LogP contribution < -0.4 is 0 Å². The lowest BCUT2D eigenvalue weighted by Gasteiger charge is -2.16. The molecule has 4 aromatic carbocycles. The van der Waals surface area contributed by atoms with Gasteiger partial charge in [-0.3, -0.25) is 0 Å². The molecule has 28 heavy (non-hydrogen) atoms. The quantitative estimate of drug-likeness (QED) is 0.338. The van der Waals surface area contributed by atoms with Gasteiger partial charge in [-0.15, -0.1) is 0 Å². The fraction of sp³-hybridized carbons (Fsp3) is 0.214. The van der Waals surface area contributed by atoms with Crippen LogP contribution in [0, 0.1) is 41.5 Å². The molecule has 0 spiro atoms. The molecule has 0 heterocycles. The van der Waals surface area contributed by atoms with Crippen LogP contribution in [0.4, 0.5) is 0 Å². The highest BCUT2D eigenvalue weighted by Crippen LogP contribution is 2.38. The summed E-state index contributed by atoms with van der Waals surface area (Å²) in [5, 5.41) is 2.68. The summed E-state index contributed by atoms with van der Waals surface area (Å²) < 4.78 is 0. The Balaban J connectivity index is 2.08. The van der Waals surface area contributed by atoms with E-state index in [2.05, 4.69) is 102 Å². The molecule has 4 aromatic rings. The van der Waals surface area contributed by atoms with Crippen molar-refractivity contribution in [2.75, 3.05) is 0 Å². The third kappa shape index (κ3) is 3.47. The Bertz CT molecular complexity index is 1070. The van der Waals surface area contributed by atoms with E-state index in [1.54, 1.807) is 0 Å². The molecular formula is C28H28. The molecule has 0 saturated carbocycles. The minimum atomic E-state index is 1.30. The molecule has 0 aliphatic rings. The van der Waals surface area contributed by atoms with Crippen LogP contribution in [0.5, 0.6) is 0 Å². The van der Waals surface area contributed by atoms with E-state index < -0.39 is 0 Å². The van der Waals surface area contributed by atoms with Crippen molar-refractivity contribution in [3.63, 3.8) is 0 Å². The fourth-order valence-electron chi connectivity index (χ4n) is 4.49. The normalized spacial score (nSPS) is 11.2. The van der Waals surface area contributed by atoms with Crippen molar-refractivity contribution >= 4 is 10.8 Å². The molecule has 0 amide bonds. The van der Waals surface area contributed by atoms with Crippen molar-refractivity contribution in [1.82, 2.24) is 0 Å². The van der Waals surface area contributed by atoms with E-state index in [9.17, 15) is 0 Å². The first-order valence-corrected chi connectivity index (χ1v) is 10.0. The van der Waals surface area contributed by atoms with Crippen molar-refractivity contribution in [2.24, 2.45) is 0 Å². The molecule has 4 rings (SSSR count). The maximum absolute atomic E-state index is 2.34. The van der Waals surface area contributed by atoms with Crippen LogP contribution in [0.25, 0.3) is 33.0 Å². The summed E-state index contributed by atoms with van der Waals surface area (Å²) in [6.07, 6.45) is 0. The lowest BCUT2D eigenvalue weighted by molar-refractivity contribution is 1.37. The predicted molar refractivity (Wildman–Crippen MR) is 123 cm³/mol. The van der Waals surface area contributed by atoms with E-state index in [1.165, 1.54) is 66.4 Å². The number of hydrogen-bond acceptors (Lipinski definition) is 0. The Morgan fingerprint density at radius 2 is 0.607 bits per heavy atom. The number of hydrogen-bond donors (Lipinski definition) is 0. The number of fused-ring (bicyclic) bond motifs is 1. The number of benzene rings is 4. The van der Waals surface area contributed by atoms with E-state index in [0.29, 0.717) is 0 Å². The molecule has 0 heteroatoms. The summed E-state index contributed by atoms with van der Waals surface area (Å²) in [6.45, 7) is 13.1. The van der Waals surface area contributed by atoms with Gasteiger partial charge >= 0.3 is 0 Å². The van der Waals surface area contributed by atoms with E-state index >= 15 is 0 Å². The predicted octanol–water partition coefficient (Wildman–Crippen LogP) is 8.02. The van der Waals surface area contributed by atoms with Gasteiger partial charge < -0.3 is 0 Å². The van der Waals surface area contributed by atoms with E-state index in [0.717, 1.165) is 0 Å². The van der Waals surface area contributed by atoms with Crippen LogP contribution in [-0.2, 0) is 0 Å². The van der Waals surface area contributed by atoms with E-state index in [4.69, 9.17) is 0 Å². The zero-order valence-electron chi connectivity index (χ0n) is 17.8. The molecular weight excluding hydrogens is 336 g/mol.